The van der Waals surface area contributed by atoms with Crippen LogP contribution in [0.15, 0.2) is 115 Å². The van der Waals surface area contributed by atoms with Crippen molar-refractivity contribution in [3.8, 4) is 0 Å². The zero-order valence-corrected chi connectivity index (χ0v) is 17.5. The van der Waals surface area contributed by atoms with Gasteiger partial charge in [0.1, 0.15) is 11.9 Å². The molecule has 0 saturated heterocycles. The lowest BCUT2D eigenvalue weighted by atomic mass is 9.76. The van der Waals surface area contributed by atoms with Crippen molar-refractivity contribution in [1.82, 2.24) is 5.32 Å². The van der Waals surface area contributed by atoms with Gasteiger partial charge in [0.05, 0.1) is 5.54 Å². The van der Waals surface area contributed by atoms with Gasteiger partial charge in [-0.1, -0.05) is 103 Å². The van der Waals surface area contributed by atoms with E-state index >= 15 is 0 Å². The topological polar surface area (TPSA) is 49.3 Å². The number of rotatable bonds is 8. The van der Waals surface area contributed by atoms with E-state index in [4.69, 9.17) is 0 Å². The van der Waals surface area contributed by atoms with Gasteiger partial charge in [0.25, 0.3) is 0 Å². The summed E-state index contributed by atoms with van der Waals surface area (Å²) in [6.07, 6.45) is 0.140. The first-order chi connectivity index (χ1) is 15.6. The molecule has 4 rings (SSSR count). The van der Waals surface area contributed by atoms with E-state index in [0.717, 1.165) is 16.7 Å². The molecule has 4 heteroatoms. The Morgan fingerprint density at radius 1 is 0.750 bits per heavy atom. The maximum Gasteiger partial charge on any atom is 0.321 e. The van der Waals surface area contributed by atoms with Crippen molar-refractivity contribution in [2.24, 2.45) is 0 Å². The SMILES string of the molecule is O=C(O)C(Cc1cccc(F)c1)NC(c1ccccc1)(c1ccccc1)c1ccccc1. The van der Waals surface area contributed by atoms with Gasteiger partial charge in [-0.05, 0) is 40.8 Å². The third kappa shape index (κ3) is 4.46. The first kappa shape index (κ1) is 21.5. The average Bonchev–Trinajstić information content (AvgIpc) is 2.83. The Morgan fingerprint density at radius 3 is 1.62 bits per heavy atom. The molecule has 0 heterocycles. The highest BCUT2D eigenvalue weighted by molar-refractivity contribution is 5.74. The summed E-state index contributed by atoms with van der Waals surface area (Å²) >= 11 is 0. The second-order valence-corrected chi connectivity index (χ2v) is 7.72. The fourth-order valence-corrected chi connectivity index (χ4v) is 4.18. The van der Waals surface area contributed by atoms with Gasteiger partial charge in [0.15, 0.2) is 0 Å². The van der Waals surface area contributed by atoms with Gasteiger partial charge in [-0.15, -0.1) is 0 Å². The van der Waals surface area contributed by atoms with Crippen molar-refractivity contribution in [3.63, 3.8) is 0 Å². The molecule has 0 aliphatic heterocycles. The van der Waals surface area contributed by atoms with Crippen molar-refractivity contribution >= 4 is 5.97 Å². The van der Waals surface area contributed by atoms with Crippen LogP contribution in [0.4, 0.5) is 4.39 Å². The molecule has 4 aromatic carbocycles. The molecule has 2 N–H and O–H groups in total. The fraction of sp³-hybridized carbons (Fsp3) is 0.107. The molecule has 1 atom stereocenters. The van der Waals surface area contributed by atoms with Crippen LogP contribution in [0.1, 0.15) is 22.3 Å². The number of hydrogen-bond donors (Lipinski definition) is 2. The summed E-state index contributed by atoms with van der Waals surface area (Å²) in [7, 11) is 0. The molecule has 0 aliphatic rings. The molecule has 0 aliphatic carbocycles. The smallest absolute Gasteiger partial charge is 0.321 e. The number of nitrogens with one attached hydrogen (secondary N) is 1. The average molecular weight is 426 g/mol. The second-order valence-electron chi connectivity index (χ2n) is 7.72. The maximum absolute atomic E-state index is 13.8. The van der Waals surface area contributed by atoms with Crippen molar-refractivity contribution < 1.29 is 14.3 Å². The molecular weight excluding hydrogens is 401 g/mol. The van der Waals surface area contributed by atoms with E-state index in [2.05, 4.69) is 5.32 Å². The van der Waals surface area contributed by atoms with Crippen LogP contribution in [-0.2, 0) is 16.8 Å². The van der Waals surface area contributed by atoms with Crippen LogP contribution in [0.2, 0.25) is 0 Å². The zero-order valence-electron chi connectivity index (χ0n) is 17.5. The van der Waals surface area contributed by atoms with E-state index in [1.807, 2.05) is 91.0 Å². The van der Waals surface area contributed by atoms with Gasteiger partial charge in [0, 0.05) is 0 Å². The maximum atomic E-state index is 13.8. The summed E-state index contributed by atoms with van der Waals surface area (Å²) < 4.78 is 13.8. The Bertz CT molecular complexity index is 1070. The zero-order chi connectivity index (χ0) is 22.4. The minimum atomic E-state index is -0.999. The normalized spacial score (nSPS) is 12.3. The van der Waals surface area contributed by atoms with Crippen LogP contribution in [0.3, 0.4) is 0 Å². The lowest BCUT2D eigenvalue weighted by molar-refractivity contribution is -0.139. The number of carboxylic acids is 1. The van der Waals surface area contributed by atoms with E-state index in [9.17, 15) is 14.3 Å². The number of carbonyl (C=O) groups is 1. The predicted octanol–water partition coefficient (Wildman–Crippen LogP) is 5.40. The molecule has 0 fully saturated rings. The fourth-order valence-electron chi connectivity index (χ4n) is 4.18. The molecule has 0 amide bonds. The molecule has 4 aromatic rings. The molecule has 0 bridgehead atoms. The second kappa shape index (κ2) is 9.58. The Labute approximate surface area is 187 Å². The minimum absolute atomic E-state index is 0.140. The monoisotopic (exact) mass is 425 g/mol. The van der Waals surface area contributed by atoms with Crippen LogP contribution in [0, 0.1) is 5.82 Å². The Kier molecular flexibility index (Phi) is 6.43. The summed E-state index contributed by atoms with van der Waals surface area (Å²) in [6.45, 7) is 0. The van der Waals surface area contributed by atoms with Gasteiger partial charge >= 0.3 is 5.97 Å². The molecule has 3 nitrogen and oxygen atoms in total. The number of carboxylic acid groups (broad SMARTS) is 1. The first-order valence-corrected chi connectivity index (χ1v) is 10.5. The van der Waals surface area contributed by atoms with E-state index in [1.54, 1.807) is 12.1 Å². The van der Waals surface area contributed by atoms with Crippen LogP contribution < -0.4 is 5.32 Å². The van der Waals surface area contributed by atoms with Crippen molar-refractivity contribution in [1.29, 1.82) is 0 Å². The summed E-state index contributed by atoms with van der Waals surface area (Å²) in [4.78, 5) is 12.4. The number of benzene rings is 4. The lowest BCUT2D eigenvalue weighted by Crippen LogP contribution is -2.53. The van der Waals surface area contributed by atoms with Crippen molar-refractivity contribution in [2.45, 2.75) is 18.0 Å². The van der Waals surface area contributed by atoms with Gasteiger partial charge in [-0.3, -0.25) is 10.1 Å². The van der Waals surface area contributed by atoms with Crippen LogP contribution in [0.5, 0.6) is 0 Å². The van der Waals surface area contributed by atoms with E-state index in [0.29, 0.717) is 5.56 Å². The van der Waals surface area contributed by atoms with Crippen molar-refractivity contribution in [3.05, 3.63) is 143 Å². The van der Waals surface area contributed by atoms with Gasteiger partial charge < -0.3 is 5.11 Å². The van der Waals surface area contributed by atoms with Crippen LogP contribution in [-0.4, -0.2) is 17.1 Å². The van der Waals surface area contributed by atoms with Crippen molar-refractivity contribution in [2.75, 3.05) is 0 Å². The summed E-state index contributed by atoms with van der Waals surface area (Å²) in [6, 6.07) is 34.6. The molecule has 1 unspecified atom stereocenters. The van der Waals surface area contributed by atoms with Crippen LogP contribution >= 0.6 is 0 Å². The standard InChI is InChI=1S/C28H24FNO2/c29-25-18-10-11-21(19-25)20-26(27(31)32)30-28(22-12-4-1-5-13-22,23-14-6-2-7-15-23)24-16-8-3-9-17-24/h1-19,26,30H,20H2,(H,31,32). The highest BCUT2D eigenvalue weighted by Gasteiger charge is 2.39. The Balaban J connectivity index is 1.89. The highest BCUT2D eigenvalue weighted by atomic mass is 19.1. The first-order valence-electron chi connectivity index (χ1n) is 10.5. The Morgan fingerprint density at radius 2 is 1.22 bits per heavy atom. The van der Waals surface area contributed by atoms with Gasteiger partial charge in [-0.25, -0.2) is 4.39 Å². The number of aliphatic carboxylic acids is 1. The molecule has 32 heavy (non-hydrogen) atoms. The predicted molar refractivity (Wildman–Crippen MR) is 124 cm³/mol. The molecular formula is C28H24FNO2. The summed E-state index contributed by atoms with van der Waals surface area (Å²) in [5.41, 5.74) is 2.46. The van der Waals surface area contributed by atoms with E-state index < -0.39 is 17.6 Å². The van der Waals surface area contributed by atoms with Gasteiger partial charge in [0.2, 0.25) is 0 Å². The molecule has 0 radical (unpaired) electrons. The molecule has 0 spiro atoms. The molecule has 160 valence electrons. The van der Waals surface area contributed by atoms with Crippen LogP contribution in [0.25, 0.3) is 0 Å². The van der Waals surface area contributed by atoms with E-state index in [-0.39, 0.29) is 12.2 Å². The number of halogens is 1. The lowest BCUT2D eigenvalue weighted by Gasteiger charge is -2.39. The summed E-state index contributed by atoms with van der Waals surface area (Å²) in [5, 5.41) is 13.6. The largest absolute Gasteiger partial charge is 0.480 e. The summed E-state index contributed by atoms with van der Waals surface area (Å²) in [5.74, 6) is -1.38. The Hall–Kier alpha value is -3.76. The number of hydrogen-bond acceptors (Lipinski definition) is 2. The van der Waals surface area contributed by atoms with E-state index in [1.165, 1.54) is 12.1 Å². The quantitative estimate of drug-likeness (QED) is 0.372. The minimum Gasteiger partial charge on any atom is -0.480 e. The molecule has 0 aromatic heterocycles. The molecule has 0 saturated carbocycles. The third-order valence-corrected chi connectivity index (χ3v) is 5.64. The van der Waals surface area contributed by atoms with Gasteiger partial charge in [-0.2, -0.15) is 0 Å². The highest BCUT2D eigenvalue weighted by Crippen LogP contribution is 2.37. The third-order valence-electron chi connectivity index (χ3n) is 5.64.